The van der Waals surface area contributed by atoms with E-state index in [2.05, 4.69) is 20.3 Å². The van der Waals surface area contributed by atoms with E-state index in [4.69, 9.17) is 0 Å². The van der Waals surface area contributed by atoms with Gasteiger partial charge >= 0.3 is 0 Å². The molecule has 0 aliphatic carbocycles. The number of aromatic nitrogens is 3. The summed E-state index contributed by atoms with van der Waals surface area (Å²) in [6.45, 7) is 3.87. The molecular weight excluding hydrogens is 312 g/mol. The number of carbonyl (C=O) groups excluding carboxylic acids is 1. The average molecular weight is 328 g/mol. The van der Waals surface area contributed by atoms with E-state index < -0.39 is 0 Å². The number of anilines is 1. The summed E-state index contributed by atoms with van der Waals surface area (Å²) in [5.74, 6) is 0.366. The van der Waals surface area contributed by atoms with Crippen LogP contribution in [0.4, 0.5) is 5.13 Å². The fourth-order valence-corrected chi connectivity index (χ4v) is 3.02. The zero-order valence-corrected chi connectivity index (χ0v) is 13.7. The largest absolute Gasteiger partial charge is 0.310 e. The van der Waals surface area contributed by atoms with Crippen molar-refractivity contribution >= 4 is 33.3 Å². The second-order valence-corrected chi connectivity index (χ2v) is 6.44. The summed E-state index contributed by atoms with van der Waals surface area (Å²) in [6.07, 6.45) is 0.605. The fraction of sp³-hybridized carbons (Fsp3) is 0.250. The van der Waals surface area contributed by atoms with E-state index in [1.165, 1.54) is 11.3 Å². The number of aryl methyl sites for hydroxylation is 3. The van der Waals surface area contributed by atoms with Gasteiger partial charge in [-0.25, -0.2) is 9.97 Å². The van der Waals surface area contributed by atoms with Crippen LogP contribution in [0.15, 0.2) is 29.1 Å². The number of benzene rings is 1. The molecule has 1 aromatic carbocycles. The fourth-order valence-electron chi connectivity index (χ4n) is 2.19. The number of para-hydroxylation sites is 1. The minimum Gasteiger partial charge on any atom is -0.310 e. The van der Waals surface area contributed by atoms with Gasteiger partial charge in [0.1, 0.15) is 5.82 Å². The molecule has 0 fully saturated rings. The van der Waals surface area contributed by atoms with Gasteiger partial charge in [-0.3, -0.25) is 9.59 Å². The molecule has 2 heterocycles. The van der Waals surface area contributed by atoms with E-state index in [-0.39, 0.29) is 17.9 Å². The Balaban J connectivity index is 1.68. The van der Waals surface area contributed by atoms with Crippen molar-refractivity contribution in [2.75, 3.05) is 5.32 Å². The Bertz CT molecular complexity index is 910. The van der Waals surface area contributed by atoms with Crippen molar-refractivity contribution in [3.05, 3.63) is 51.0 Å². The predicted molar refractivity (Wildman–Crippen MR) is 90.9 cm³/mol. The van der Waals surface area contributed by atoms with Crippen molar-refractivity contribution in [3.8, 4) is 0 Å². The van der Waals surface area contributed by atoms with Gasteiger partial charge in [0.25, 0.3) is 5.56 Å². The summed E-state index contributed by atoms with van der Waals surface area (Å²) in [4.78, 5) is 36.4. The molecule has 0 aliphatic heterocycles. The van der Waals surface area contributed by atoms with Crippen LogP contribution in [0.2, 0.25) is 0 Å². The lowest BCUT2D eigenvalue weighted by atomic mass is 10.2. The molecular formula is C16H16N4O2S. The molecule has 0 radical (unpaired) electrons. The summed E-state index contributed by atoms with van der Waals surface area (Å²) >= 11 is 1.45. The van der Waals surface area contributed by atoms with Gasteiger partial charge in [0, 0.05) is 17.7 Å². The highest BCUT2D eigenvalue weighted by molar-refractivity contribution is 7.15. The van der Waals surface area contributed by atoms with Gasteiger partial charge in [-0.15, -0.1) is 11.3 Å². The van der Waals surface area contributed by atoms with E-state index in [0.717, 1.165) is 10.6 Å². The standard InChI is InChI=1S/C16H16N4O2S/c1-9-10(2)23-16(17-9)20-14(21)8-7-13-18-12-6-4-3-5-11(12)15(22)19-13/h3-6H,7-8H2,1-2H3,(H,17,20,21)(H,18,19,22). The van der Waals surface area contributed by atoms with Crippen molar-refractivity contribution in [2.45, 2.75) is 26.7 Å². The molecule has 2 N–H and O–H groups in total. The molecule has 6 nitrogen and oxygen atoms in total. The van der Waals surface area contributed by atoms with Crippen molar-refractivity contribution in [3.63, 3.8) is 0 Å². The number of amides is 1. The van der Waals surface area contributed by atoms with Crippen LogP contribution in [0.1, 0.15) is 22.8 Å². The molecule has 3 aromatic rings. The summed E-state index contributed by atoms with van der Waals surface area (Å²) in [5, 5.41) is 3.93. The molecule has 0 saturated heterocycles. The van der Waals surface area contributed by atoms with E-state index in [1.807, 2.05) is 19.9 Å². The molecule has 7 heteroatoms. The first-order valence-corrected chi connectivity index (χ1v) is 8.06. The number of nitrogens with one attached hydrogen (secondary N) is 2. The summed E-state index contributed by atoms with van der Waals surface area (Å²) in [7, 11) is 0. The maximum atomic E-state index is 12.0. The molecule has 2 aromatic heterocycles. The Morgan fingerprint density at radius 2 is 2.04 bits per heavy atom. The second-order valence-electron chi connectivity index (χ2n) is 5.24. The van der Waals surface area contributed by atoms with E-state index in [0.29, 0.717) is 28.3 Å². The number of hydrogen-bond donors (Lipinski definition) is 2. The lowest BCUT2D eigenvalue weighted by Gasteiger charge is -2.03. The number of fused-ring (bicyclic) bond motifs is 1. The topological polar surface area (TPSA) is 87.7 Å². The van der Waals surface area contributed by atoms with Crippen LogP contribution in [0, 0.1) is 13.8 Å². The molecule has 0 spiro atoms. The zero-order chi connectivity index (χ0) is 16.4. The first kappa shape index (κ1) is 15.4. The number of H-pyrrole nitrogens is 1. The van der Waals surface area contributed by atoms with Crippen molar-refractivity contribution < 1.29 is 4.79 Å². The number of thiazole rings is 1. The quantitative estimate of drug-likeness (QED) is 0.770. The number of nitrogens with zero attached hydrogens (tertiary/aromatic N) is 2. The molecule has 0 aliphatic rings. The number of carbonyl (C=O) groups is 1. The molecule has 0 bridgehead atoms. The van der Waals surface area contributed by atoms with Crippen LogP contribution in [-0.2, 0) is 11.2 Å². The highest BCUT2D eigenvalue weighted by atomic mass is 32.1. The lowest BCUT2D eigenvalue weighted by molar-refractivity contribution is -0.116. The third kappa shape index (κ3) is 3.45. The first-order chi connectivity index (χ1) is 11.0. The van der Waals surface area contributed by atoms with Crippen LogP contribution in [0.25, 0.3) is 10.9 Å². The molecule has 118 valence electrons. The summed E-state index contributed by atoms with van der Waals surface area (Å²) < 4.78 is 0. The zero-order valence-electron chi connectivity index (χ0n) is 12.8. The van der Waals surface area contributed by atoms with E-state index in [9.17, 15) is 9.59 Å². The maximum Gasteiger partial charge on any atom is 0.258 e. The van der Waals surface area contributed by atoms with Crippen LogP contribution in [-0.4, -0.2) is 20.9 Å². The molecule has 1 amide bonds. The van der Waals surface area contributed by atoms with Crippen LogP contribution in [0.3, 0.4) is 0 Å². The summed E-state index contributed by atoms with van der Waals surface area (Å²) in [5.41, 5.74) is 1.38. The smallest absolute Gasteiger partial charge is 0.258 e. The monoisotopic (exact) mass is 328 g/mol. The Morgan fingerprint density at radius 1 is 1.26 bits per heavy atom. The Hall–Kier alpha value is -2.54. The normalized spacial score (nSPS) is 10.9. The van der Waals surface area contributed by atoms with E-state index in [1.54, 1.807) is 18.2 Å². The lowest BCUT2D eigenvalue weighted by Crippen LogP contribution is -2.16. The number of hydrogen-bond acceptors (Lipinski definition) is 5. The second kappa shape index (κ2) is 6.29. The van der Waals surface area contributed by atoms with Crippen LogP contribution in [0.5, 0.6) is 0 Å². The van der Waals surface area contributed by atoms with Gasteiger partial charge in [0.2, 0.25) is 5.91 Å². The molecule has 0 unspecified atom stereocenters. The number of aromatic amines is 1. The van der Waals surface area contributed by atoms with Gasteiger partial charge in [-0.05, 0) is 26.0 Å². The summed E-state index contributed by atoms with van der Waals surface area (Å²) in [6, 6.07) is 7.14. The highest BCUT2D eigenvalue weighted by Crippen LogP contribution is 2.21. The van der Waals surface area contributed by atoms with E-state index >= 15 is 0 Å². The average Bonchev–Trinajstić information content (AvgIpc) is 2.83. The molecule has 3 rings (SSSR count). The SMILES string of the molecule is Cc1nc(NC(=O)CCc2nc3ccccc3c(=O)[nH]2)sc1C. The van der Waals surface area contributed by atoms with Gasteiger partial charge < -0.3 is 10.3 Å². The van der Waals surface area contributed by atoms with Gasteiger partial charge in [0.15, 0.2) is 5.13 Å². The van der Waals surface area contributed by atoms with Crippen molar-refractivity contribution in [1.82, 2.24) is 15.0 Å². The predicted octanol–water partition coefficient (Wildman–Crippen LogP) is 2.57. The Kier molecular flexibility index (Phi) is 4.20. The van der Waals surface area contributed by atoms with Crippen LogP contribution >= 0.6 is 11.3 Å². The van der Waals surface area contributed by atoms with Gasteiger partial charge in [0.05, 0.1) is 16.6 Å². The molecule has 0 atom stereocenters. The van der Waals surface area contributed by atoms with Crippen molar-refractivity contribution in [1.29, 1.82) is 0 Å². The van der Waals surface area contributed by atoms with Crippen molar-refractivity contribution in [2.24, 2.45) is 0 Å². The third-order valence-corrected chi connectivity index (χ3v) is 4.51. The Labute approximate surface area is 136 Å². The minimum absolute atomic E-state index is 0.144. The third-order valence-electron chi connectivity index (χ3n) is 3.53. The maximum absolute atomic E-state index is 12.0. The minimum atomic E-state index is -0.183. The highest BCUT2D eigenvalue weighted by Gasteiger charge is 2.10. The molecule has 0 saturated carbocycles. The number of rotatable bonds is 4. The molecule has 23 heavy (non-hydrogen) atoms. The van der Waals surface area contributed by atoms with Gasteiger partial charge in [-0.1, -0.05) is 12.1 Å². The first-order valence-electron chi connectivity index (χ1n) is 7.25. The Morgan fingerprint density at radius 3 is 2.78 bits per heavy atom. The van der Waals surface area contributed by atoms with Gasteiger partial charge in [-0.2, -0.15) is 0 Å². The van der Waals surface area contributed by atoms with Crippen LogP contribution < -0.4 is 10.9 Å².